The lowest BCUT2D eigenvalue weighted by molar-refractivity contribution is -0.128. The summed E-state index contributed by atoms with van der Waals surface area (Å²) in [5.41, 5.74) is 1.42. The molecule has 0 aromatic heterocycles. The van der Waals surface area contributed by atoms with Gasteiger partial charge in [-0.3, -0.25) is 9.59 Å². The van der Waals surface area contributed by atoms with Gasteiger partial charge in [0.05, 0.1) is 12.5 Å². The second kappa shape index (κ2) is 6.40. The standard InChI is InChI=1S/C13H15N3O2/c1-16(2)13(18)9-10-4-3-5-11(8-10)15-12(17)6-7-14/h3-5,8H,6,9H2,1-2H3,(H,15,17). The van der Waals surface area contributed by atoms with Crippen LogP contribution in [0.3, 0.4) is 0 Å². The Morgan fingerprint density at radius 3 is 2.72 bits per heavy atom. The van der Waals surface area contributed by atoms with Gasteiger partial charge in [-0.25, -0.2) is 0 Å². The van der Waals surface area contributed by atoms with Crippen molar-refractivity contribution in [1.29, 1.82) is 5.26 Å². The first kappa shape index (κ1) is 13.7. The van der Waals surface area contributed by atoms with Gasteiger partial charge in [0.15, 0.2) is 0 Å². The average Bonchev–Trinajstić information content (AvgIpc) is 2.29. The first-order chi connectivity index (χ1) is 8.52. The van der Waals surface area contributed by atoms with Gasteiger partial charge >= 0.3 is 0 Å². The quantitative estimate of drug-likeness (QED) is 0.865. The Morgan fingerprint density at radius 1 is 1.39 bits per heavy atom. The third-order valence-corrected chi connectivity index (χ3v) is 2.30. The molecule has 2 amide bonds. The highest BCUT2D eigenvalue weighted by Crippen LogP contribution is 2.12. The van der Waals surface area contributed by atoms with E-state index in [9.17, 15) is 9.59 Å². The predicted octanol–water partition coefficient (Wildman–Crippen LogP) is 1.17. The number of rotatable bonds is 4. The zero-order chi connectivity index (χ0) is 13.5. The molecule has 0 aliphatic heterocycles. The van der Waals surface area contributed by atoms with E-state index in [0.717, 1.165) is 5.56 Å². The summed E-state index contributed by atoms with van der Waals surface area (Å²) >= 11 is 0. The summed E-state index contributed by atoms with van der Waals surface area (Å²) < 4.78 is 0. The number of nitriles is 1. The van der Waals surface area contributed by atoms with Gasteiger partial charge in [0, 0.05) is 19.8 Å². The van der Waals surface area contributed by atoms with Crippen LogP contribution in [-0.2, 0) is 16.0 Å². The molecule has 1 rings (SSSR count). The molecule has 5 nitrogen and oxygen atoms in total. The number of amides is 2. The summed E-state index contributed by atoms with van der Waals surface area (Å²) in [5, 5.41) is 11.0. The molecule has 0 aliphatic rings. The van der Waals surface area contributed by atoms with E-state index in [0.29, 0.717) is 5.69 Å². The Labute approximate surface area is 106 Å². The second-order valence-corrected chi connectivity index (χ2v) is 4.05. The molecule has 18 heavy (non-hydrogen) atoms. The Balaban J connectivity index is 2.71. The molecule has 1 N–H and O–H groups in total. The Hall–Kier alpha value is -2.35. The van der Waals surface area contributed by atoms with E-state index in [1.807, 2.05) is 6.07 Å². The van der Waals surface area contributed by atoms with Crippen LogP contribution in [0.4, 0.5) is 5.69 Å². The van der Waals surface area contributed by atoms with Crippen LogP contribution in [0, 0.1) is 11.3 Å². The molecule has 0 unspecified atom stereocenters. The van der Waals surface area contributed by atoms with Crippen molar-refractivity contribution in [3.8, 4) is 6.07 Å². The molecule has 0 saturated carbocycles. The maximum atomic E-state index is 11.5. The molecule has 0 spiro atoms. The van der Waals surface area contributed by atoms with Gasteiger partial charge in [0.2, 0.25) is 11.8 Å². The summed E-state index contributed by atoms with van der Waals surface area (Å²) in [4.78, 5) is 24.3. The molecule has 0 radical (unpaired) electrons. The van der Waals surface area contributed by atoms with Crippen molar-refractivity contribution >= 4 is 17.5 Å². The molecule has 94 valence electrons. The van der Waals surface area contributed by atoms with E-state index in [2.05, 4.69) is 5.32 Å². The number of hydrogen-bond acceptors (Lipinski definition) is 3. The van der Waals surface area contributed by atoms with E-state index in [1.165, 1.54) is 4.90 Å². The highest BCUT2D eigenvalue weighted by Gasteiger charge is 2.07. The van der Waals surface area contributed by atoms with Crippen molar-refractivity contribution in [3.05, 3.63) is 29.8 Å². The van der Waals surface area contributed by atoms with Gasteiger partial charge < -0.3 is 10.2 Å². The molecule has 0 aliphatic carbocycles. The van der Waals surface area contributed by atoms with Gasteiger partial charge in [-0.05, 0) is 17.7 Å². The lowest BCUT2D eigenvalue weighted by Crippen LogP contribution is -2.23. The largest absolute Gasteiger partial charge is 0.349 e. The van der Waals surface area contributed by atoms with Crippen LogP contribution in [0.1, 0.15) is 12.0 Å². The van der Waals surface area contributed by atoms with Crippen LogP contribution in [0.2, 0.25) is 0 Å². The molecule has 0 heterocycles. The van der Waals surface area contributed by atoms with E-state index in [4.69, 9.17) is 5.26 Å². The van der Waals surface area contributed by atoms with Crippen LogP contribution >= 0.6 is 0 Å². The number of anilines is 1. The zero-order valence-corrected chi connectivity index (χ0v) is 10.4. The molecule has 1 aromatic carbocycles. The topological polar surface area (TPSA) is 73.2 Å². The van der Waals surface area contributed by atoms with E-state index in [1.54, 1.807) is 38.4 Å². The van der Waals surface area contributed by atoms with Crippen molar-refractivity contribution in [3.63, 3.8) is 0 Å². The second-order valence-electron chi connectivity index (χ2n) is 4.05. The lowest BCUT2D eigenvalue weighted by Gasteiger charge is -2.11. The van der Waals surface area contributed by atoms with Crippen molar-refractivity contribution in [2.75, 3.05) is 19.4 Å². The smallest absolute Gasteiger partial charge is 0.238 e. The molecule has 0 fully saturated rings. The van der Waals surface area contributed by atoms with Crippen molar-refractivity contribution < 1.29 is 9.59 Å². The van der Waals surface area contributed by atoms with Gasteiger partial charge in [0.25, 0.3) is 0 Å². The minimum atomic E-state index is -0.353. The molecule has 0 saturated heterocycles. The Morgan fingerprint density at radius 2 is 2.11 bits per heavy atom. The highest BCUT2D eigenvalue weighted by atomic mass is 16.2. The van der Waals surface area contributed by atoms with Crippen LogP contribution < -0.4 is 5.32 Å². The van der Waals surface area contributed by atoms with Crippen LogP contribution in [0.25, 0.3) is 0 Å². The maximum Gasteiger partial charge on any atom is 0.238 e. The van der Waals surface area contributed by atoms with Gasteiger partial charge in [-0.2, -0.15) is 5.26 Å². The van der Waals surface area contributed by atoms with E-state index >= 15 is 0 Å². The number of nitrogens with one attached hydrogen (secondary N) is 1. The molecular weight excluding hydrogens is 230 g/mol. The summed E-state index contributed by atoms with van der Waals surface area (Å²) in [6, 6.07) is 8.82. The van der Waals surface area contributed by atoms with Crippen molar-refractivity contribution in [1.82, 2.24) is 4.90 Å². The number of hydrogen-bond donors (Lipinski definition) is 1. The zero-order valence-electron chi connectivity index (χ0n) is 10.4. The van der Waals surface area contributed by atoms with Gasteiger partial charge in [-0.1, -0.05) is 12.1 Å². The maximum absolute atomic E-state index is 11.5. The fourth-order valence-electron chi connectivity index (χ4n) is 1.37. The molecule has 1 aromatic rings. The monoisotopic (exact) mass is 245 g/mol. The minimum absolute atomic E-state index is 0.00417. The lowest BCUT2D eigenvalue weighted by atomic mass is 10.1. The minimum Gasteiger partial charge on any atom is -0.349 e. The highest BCUT2D eigenvalue weighted by molar-refractivity contribution is 5.92. The van der Waals surface area contributed by atoms with E-state index < -0.39 is 0 Å². The van der Waals surface area contributed by atoms with Crippen LogP contribution in [0.5, 0.6) is 0 Å². The summed E-state index contributed by atoms with van der Waals surface area (Å²) in [5.74, 6) is -0.357. The molecule has 5 heteroatoms. The van der Waals surface area contributed by atoms with Crippen LogP contribution in [0.15, 0.2) is 24.3 Å². The van der Waals surface area contributed by atoms with Crippen molar-refractivity contribution in [2.24, 2.45) is 0 Å². The fraction of sp³-hybridized carbons (Fsp3) is 0.308. The fourth-order valence-corrected chi connectivity index (χ4v) is 1.37. The third kappa shape index (κ3) is 4.26. The number of carbonyl (C=O) groups excluding carboxylic acids is 2. The van der Waals surface area contributed by atoms with E-state index in [-0.39, 0.29) is 24.7 Å². The number of benzene rings is 1. The SMILES string of the molecule is CN(C)C(=O)Cc1cccc(NC(=O)CC#N)c1. The predicted molar refractivity (Wildman–Crippen MR) is 67.7 cm³/mol. The number of likely N-dealkylation sites (N-methyl/N-ethyl adjacent to an activating group) is 1. The first-order valence-electron chi connectivity index (χ1n) is 5.49. The van der Waals surface area contributed by atoms with Gasteiger partial charge in [-0.15, -0.1) is 0 Å². The number of carbonyl (C=O) groups is 2. The average molecular weight is 245 g/mol. The summed E-state index contributed by atoms with van der Waals surface area (Å²) in [6.07, 6.45) is 0.107. The van der Waals surface area contributed by atoms with Crippen molar-refractivity contribution in [2.45, 2.75) is 12.8 Å². The Bertz CT molecular complexity index is 489. The van der Waals surface area contributed by atoms with Gasteiger partial charge in [0.1, 0.15) is 6.42 Å². The van der Waals surface area contributed by atoms with Crippen LogP contribution in [-0.4, -0.2) is 30.8 Å². The molecule has 0 bridgehead atoms. The normalized spacial score (nSPS) is 9.39. The number of nitrogens with zero attached hydrogens (tertiary/aromatic N) is 2. The summed E-state index contributed by atoms with van der Waals surface area (Å²) in [7, 11) is 3.39. The first-order valence-corrected chi connectivity index (χ1v) is 5.49. The third-order valence-electron chi connectivity index (χ3n) is 2.30. The summed E-state index contributed by atoms with van der Waals surface area (Å²) in [6.45, 7) is 0. The molecule has 0 atom stereocenters. The molecular formula is C13H15N3O2. The Kier molecular flexibility index (Phi) is 4.88.